The molecule has 30 heteroatoms. The van der Waals surface area contributed by atoms with E-state index in [1.807, 2.05) is 0 Å². The van der Waals surface area contributed by atoms with Gasteiger partial charge in [-0.05, 0) is 81.5 Å². The number of benzene rings is 2. The predicted octanol–water partition coefficient (Wildman–Crippen LogP) is -1.87. The number of hydrogen-bond acceptors (Lipinski definition) is 17. The highest BCUT2D eigenvalue weighted by molar-refractivity contribution is 7.81. The van der Waals surface area contributed by atoms with E-state index in [0.717, 1.165) is 4.90 Å². The number of likely N-dealkylation sites (tertiary alicyclic amines) is 2. The van der Waals surface area contributed by atoms with Crippen LogP contribution in [-0.4, -0.2) is 193 Å². The second kappa shape index (κ2) is 34.7. The van der Waals surface area contributed by atoms with Crippen LogP contribution < -0.4 is 59.7 Å². The summed E-state index contributed by atoms with van der Waals surface area (Å²) < 4.78 is -1.19. The van der Waals surface area contributed by atoms with Gasteiger partial charge in [-0.15, -0.1) is 0 Å². The number of rotatable bonds is 34. The Hall–Kier alpha value is -7.70. The van der Waals surface area contributed by atoms with Crippen molar-refractivity contribution in [3.63, 3.8) is 0 Å². The second-order valence-corrected chi connectivity index (χ2v) is 24.3. The summed E-state index contributed by atoms with van der Waals surface area (Å²) in [5, 5.41) is 51.7. The average Bonchev–Trinajstić information content (AvgIpc) is 2.35. The number of urea groups is 1. The molecule has 2 saturated heterocycles. The molecular weight excluding hydrogens is 1180 g/mol. The lowest BCUT2D eigenvalue weighted by atomic mass is 9.96. The maximum absolute atomic E-state index is 15.1. The van der Waals surface area contributed by atoms with Crippen molar-refractivity contribution in [2.75, 3.05) is 25.4 Å². The molecule has 0 aliphatic carbocycles. The lowest BCUT2D eigenvalue weighted by Crippen LogP contribution is -2.61. The summed E-state index contributed by atoms with van der Waals surface area (Å²) in [5.41, 5.74) is 17.5. The maximum atomic E-state index is 15.1. The number of phenols is 1. The first-order valence-corrected chi connectivity index (χ1v) is 30.4. The van der Waals surface area contributed by atoms with Crippen molar-refractivity contribution in [3.05, 3.63) is 65.7 Å². The summed E-state index contributed by atoms with van der Waals surface area (Å²) >= 11 is 8.38. The van der Waals surface area contributed by atoms with E-state index in [0.29, 0.717) is 30.4 Å². The largest absolute Gasteiger partial charge is 0.508 e. The van der Waals surface area contributed by atoms with Gasteiger partial charge in [0, 0.05) is 55.8 Å². The number of thiol groups is 2. The minimum absolute atomic E-state index is 0.00323. The fourth-order valence-corrected chi connectivity index (χ4v) is 10.5. The highest BCUT2D eigenvalue weighted by Crippen LogP contribution is 2.28. The first kappa shape index (κ1) is 72.8. The van der Waals surface area contributed by atoms with E-state index in [-0.39, 0.29) is 76.1 Å². The van der Waals surface area contributed by atoms with Crippen LogP contribution >= 0.6 is 25.3 Å². The SMILES string of the molecule is CCC[C@H](NC(=O)[C@@H](NC(=O)[C@@H]1C[C@@H](O)CN1C(=O)[C@@H]1CCCN1C(=O)[C@H](Cc1ccccc1)NC(=O)[C@H](Cc1ccc(O)cc1)NC(=O)[C@H](CCC(N)=O)NC(=O)[C@H](CCCNC(N)=O)NC(=O)[C@@H](N)CS)[C@@H](C)CC)C(=O)N[C@H](C(=O)O)C(C)(C)S. The summed E-state index contributed by atoms with van der Waals surface area (Å²) in [4.78, 5) is 166. The molecule has 12 amide bonds. The molecular formula is C58H87N13O15S2. The van der Waals surface area contributed by atoms with Crippen molar-refractivity contribution in [3.8, 4) is 5.75 Å². The molecule has 12 atom stereocenters. The highest BCUT2D eigenvalue weighted by atomic mass is 32.1. The Labute approximate surface area is 522 Å². The van der Waals surface area contributed by atoms with E-state index < -0.39 is 161 Å². The number of carboxylic acid groups (broad SMARTS) is 1. The molecule has 2 fully saturated rings. The Balaban J connectivity index is 1.64. The van der Waals surface area contributed by atoms with Gasteiger partial charge in [0.15, 0.2) is 0 Å². The molecule has 2 aliphatic rings. The first-order valence-electron chi connectivity index (χ1n) is 29.4. The maximum Gasteiger partial charge on any atom is 0.327 e. The van der Waals surface area contributed by atoms with E-state index in [4.69, 9.17) is 17.2 Å². The number of carbonyl (C=O) groups is 12. The number of amides is 12. The van der Waals surface area contributed by atoms with Gasteiger partial charge in [-0.3, -0.25) is 47.9 Å². The minimum Gasteiger partial charge on any atom is -0.508 e. The van der Waals surface area contributed by atoms with Gasteiger partial charge in [-0.2, -0.15) is 25.3 Å². The van der Waals surface area contributed by atoms with Gasteiger partial charge in [-0.25, -0.2) is 9.59 Å². The number of hydrogen-bond donors (Lipinski definition) is 16. The van der Waals surface area contributed by atoms with Crippen LogP contribution in [0.3, 0.4) is 0 Å². The van der Waals surface area contributed by atoms with Gasteiger partial charge in [0.2, 0.25) is 59.1 Å². The van der Waals surface area contributed by atoms with Crippen molar-refractivity contribution in [1.29, 1.82) is 0 Å². The molecule has 0 saturated carbocycles. The fraction of sp³-hybridized carbons (Fsp3) is 0.586. The van der Waals surface area contributed by atoms with Gasteiger partial charge < -0.3 is 84.9 Å². The third kappa shape index (κ3) is 22.2. The molecule has 2 aromatic rings. The number of aliphatic hydroxyl groups is 1. The van der Waals surface area contributed by atoms with Crippen molar-refractivity contribution < 1.29 is 72.9 Å². The summed E-state index contributed by atoms with van der Waals surface area (Å²) in [6, 6.07) is -0.128. The molecule has 2 heterocycles. The molecule has 4 rings (SSSR count). The first-order chi connectivity index (χ1) is 41.5. The van der Waals surface area contributed by atoms with Gasteiger partial charge in [0.25, 0.3) is 0 Å². The normalized spacial score (nSPS) is 18.7. The molecule has 2 aromatic carbocycles. The second-order valence-electron chi connectivity index (χ2n) is 22.8. The number of β-amino-alcohol motifs (C(OH)–C–C–N with tert-alkyl or cyclic N) is 1. The van der Waals surface area contributed by atoms with E-state index >= 15 is 4.79 Å². The number of aliphatic carboxylic acids is 1. The fourth-order valence-electron chi connectivity index (χ4n) is 10.2. The zero-order valence-electron chi connectivity index (χ0n) is 50.2. The Bertz CT molecular complexity index is 2780. The van der Waals surface area contributed by atoms with E-state index in [9.17, 15) is 68.1 Å². The van der Waals surface area contributed by atoms with Crippen LogP contribution in [0.4, 0.5) is 4.79 Å². The smallest absolute Gasteiger partial charge is 0.327 e. The molecule has 17 N–H and O–H groups in total. The predicted molar refractivity (Wildman–Crippen MR) is 328 cm³/mol. The number of nitrogens with zero attached hydrogens (tertiary/aromatic N) is 2. The molecule has 0 spiro atoms. The summed E-state index contributed by atoms with van der Waals surface area (Å²) in [5.74, 6) is -10.3. The zero-order valence-corrected chi connectivity index (χ0v) is 52.0. The molecule has 0 unspecified atom stereocenters. The Morgan fingerprint density at radius 3 is 1.82 bits per heavy atom. The number of nitrogens with two attached hydrogens (primary N) is 3. The van der Waals surface area contributed by atoms with Crippen LogP contribution in [0.2, 0.25) is 0 Å². The lowest BCUT2D eigenvalue weighted by Gasteiger charge is -2.34. The molecule has 88 heavy (non-hydrogen) atoms. The molecule has 28 nitrogen and oxygen atoms in total. The Kier molecular flexibility index (Phi) is 28.7. The quantitative estimate of drug-likeness (QED) is 0.0270. The Morgan fingerprint density at radius 1 is 0.693 bits per heavy atom. The third-order valence-corrected chi connectivity index (χ3v) is 15.9. The molecule has 0 bridgehead atoms. The van der Waals surface area contributed by atoms with Crippen LogP contribution in [0, 0.1) is 5.92 Å². The third-order valence-electron chi connectivity index (χ3n) is 15.3. The van der Waals surface area contributed by atoms with E-state index in [1.165, 1.54) is 43.0 Å². The molecule has 0 aromatic heterocycles. The summed E-state index contributed by atoms with van der Waals surface area (Å²) in [6.07, 6.45) is -1.36. The monoisotopic (exact) mass is 1270 g/mol. The van der Waals surface area contributed by atoms with Crippen LogP contribution in [0.25, 0.3) is 0 Å². The standard InChI is InChI=1S/C58H87N13O15S2/c1-6-13-37(50(78)69-46(56(84)85)58(4,5)88)65-53(81)45(31(3)7-2)68-52(80)43-28-35(73)29-71(43)55(83)42-17-12-25-70(42)54(82)41(27-32-14-9-8-10-15-32)67-51(79)40(26-33-18-20-34(72)21-19-33)66-49(77)39(22-23-44(60)74)64-48(76)38(16-11-24-62-57(61)86)63-47(75)36(59)30-87/h8-10,14-15,18-21,31,35-43,45-46,72-73,87-88H,6-7,11-13,16-17,22-30,59H2,1-5H3,(H2,60,74)(H,63,75)(H,64,76)(H,65,81)(H,66,77)(H,67,79)(H,68,80)(H,69,78)(H,84,85)(H3,61,62,86)/t31-,35+,36-,37-,38-,39-,40-,41-,42-,43-,45-,46+/m0/s1. The van der Waals surface area contributed by atoms with Crippen LogP contribution in [0.5, 0.6) is 5.75 Å². The van der Waals surface area contributed by atoms with Gasteiger partial charge in [0.1, 0.15) is 60.1 Å². The van der Waals surface area contributed by atoms with Gasteiger partial charge in [-0.1, -0.05) is 76.1 Å². The number of aliphatic hydroxyl groups excluding tert-OH is 1. The van der Waals surface area contributed by atoms with Crippen molar-refractivity contribution >= 4 is 96.3 Å². The van der Waals surface area contributed by atoms with Gasteiger partial charge in [0.05, 0.1) is 12.1 Å². The van der Waals surface area contributed by atoms with Crippen LogP contribution in [0.15, 0.2) is 54.6 Å². The van der Waals surface area contributed by atoms with E-state index in [2.05, 4.69) is 67.8 Å². The van der Waals surface area contributed by atoms with Crippen LogP contribution in [-0.2, 0) is 65.6 Å². The number of nitrogens with one attached hydrogen (secondary N) is 8. The number of primary amides is 2. The number of phenolic OH excluding ortho intramolecular Hbond substituents is 1. The van der Waals surface area contributed by atoms with E-state index in [1.54, 1.807) is 51.1 Å². The van der Waals surface area contributed by atoms with Crippen LogP contribution in [0.1, 0.15) is 110 Å². The number of carboxylic acids is 1. The zero-order chi connectivity index (χ0) is 65.6. The topological polar surface area (TPSA) is 446 Å². The molecule has 486 valence electrons. The average molecular weight is 1270 g/mol. The lowest BCUT2D eigenvalue weighted by molar-refractivity contribution is -0.148. The van der Waals surface area contributed by atoms with Crippen molar-refractivity contribution in [2.24, 2.45) is 23.1 Å². The van der Waals surface area contributed by atoms with Crippen molar-refractivity contribution in [1.82, 2.24) is 52.3 Å². The highest BCUT2D eigenvalue weighted by Gasteiger charge is 2.47. The van der Waals surface area contributed by atoms with Gasteiger partial charge >= 0.3 is 12.0 Å². The Morgan fingerprint density at radius 2 is 1.24 bits per heavy atom. The number of aromatic hydroxyl groups is 1. The van der Waals surface area contributed by atoms with Crippen molar-refractivity contribution in [2.45, 2.75) is 183 Å². The summed E-state index contributed by atoms with van der Waals surface area (Å²) in [6.45, 7) is 7.94. The molecule has 2 aliphatic heterocycles. The molecule has 0 radical (unpaired) electrons. The minimum atomic E-state index is -1.58. The number of carbonyl (C=O) groups excluding carboxylic acids is 11. The summed E-state index contributed by atoms with van der Waals surface area (Å²) in [7, 11) is 0.